The summed E-state index contributed by atoms with van der Waals surface area (Å²) in [5, 5.41) is 2.68. The van der Waals surface area contributed by atoms with E-state index >= 15 is 0 Å². The molecule has 0 radical (unpaired) electrons. The average molecular weight is 480 g/mol. The van der Waals surface area contributed by atoms with E-state index in [4.69, 9.17) is 4.74 Å². The zero-order valence-corrected chi connectivity index (χ0v) is 19.2. The molecular formula is C21H25N3O6S2. The largest absolute Gasteiger partial charge is 0.476 e. The van der Waals surface area contributed by atoms with Crippen molar-refractivity contribution < 1.29 is 26.4 Å². The number of sulfonamides is 2. The van der Waals surface area contributed by atoms with Crippen molar-refractivity contribution in [1.82, 2.24) is 4.31 Å². The van der Waals surface area contributed by atoms with Gasteiger partial charge >= 0.3 is 0 Å². The molecule has 1 N–H and O–H groups in total. The fourth-order valence-electron chi connectivity index (χ4n) is 3.84. The van der Waals surface area contributed by atoms with E-state index in [9.17, 15) is 21.6 Å². The van der Waals surface area contributed by atoms with Crippen LogP contribution in [0.3, 0.4) is 0 Å². The number of benzene rings is 2. The monoisotopic (exact) mass is 479 g/mol. The first-order valence-corrected chi connectivity index (χ1v) is 13.6. The molecule has 1 fully saturated rings. The number of piperidine rings is 1. The summed E-state index contributed by atoms with van der Waals surface area (Å²) in [6.45, 7) is 0.861. The van der Waals surface area contributed by atoms with Crippen LogP contribution in [0.25, 0.3) is 0 Å². The third-order valence-corrected chi connectivity index (χ3v) is 8.56. The van der Waals surface area contributed by atoms with Gasteiger partial charge in [0.25, 0.3) is 5.91 Å². The number of nitrogens with zero attached hydrogens (tertiary/aromatic N) is 2. The predicted molar refractivity (Wildman–Crippen MR) is 121 cm³/mol. The second kappa shape index (κ2) is 8.72. The van der Waals surface area contributed by atoms with Gasteiger partial charge in [-0.05, 0) is 49.2 Å². The van der Waals surface area contributed by atoms with Gasteiger partial charge in [0, 0.05) is 18.8 Å². The highest BCUT2D eigenvalue weighted by Gasteiger charge is 2.35. The first-order valence-electron chi connectivity index (χ1n) is 10.3. The Kier molecular flexibility index (Phi) is 6.15. The van der Waals surface area contributed by atoms with Crippen molar-refractivity contribution in [2.45, 2.75) is 30.3 Å². The number of anilines is 2. The van der Waals surface area contributed by atoms with Crippen molar-refractivity contribution in [2.24, 2.45) is 0 Å². The highest BCUT2D eigenvalue weighted by Crippen LogP contribution is 2.34. The van der Waals surface area contributed by atoms with Gasteiger partial charge in [-0.15, -0.1) is 0 Å². The number of amides is 1. The maximum absolute atomic E-state index is 12.8. The van der Waals surface area contributed by atoms with Crippen molar-refractivity contribution in [3.05, 3.63) is 48.5 Å². The van der Waals surface area contributed by atoms with Crippen molar-refractivity contribution in [1.29, 1.82) is 0 Å². The van der Waals surface area contributed by atoms with Crippen molar-refractivity contribution >= 4 is 37.3 Å². The van der Waals surface area contributed by atoms with E-state index < -0.39 is 32.1 Å². The van der Waals surface area contributed by atoms with Crippen LogP contribution in [0.4, 0.5) is 11.4 Å². The van der Waals surface area contributed by atoms with E-state index in [1.54, 1.807) is 24.3 Å². The second-order valence-corrected chi connectivity index (χ2v) is 11.7. The van der Waals surface area contributed by atoms with E-state index in [1.807, 2.05) is 0 Å². The first kappa shape index (κ1) is 22.6. The predicted octanol–water partition coefficient (Wildman–Crippen LogP) is 2.03. The minimum Gasteiger partial charge on any atom is -0.476 e. The minimum absolute atomic E-state index is 0.164. The number of rotatable bonds is 5. The van der Waals surface area contributed by atoms with Crippen LogP contribution >= 0.6 is 0 Å². The number of hydrogen-bond acceptors (Lipinski definition) is 6. The Morgan fingerprint density at radius 3 is 2.28 bits per heavy atom. The van der Waals surface area contributed by atoms with Crippen molar-refractivity contribution in [3.8, 4) is 5.75 Å². The average Bonchev–Trinajstić information content (AvgIpc) is 2.78. The van der Waals surface area contributed by atoms with Crippen LogP contribution in [0.15, 0.2) is 53.4 Å². The zero-order chi connectivity index (χ0) is 22.9. The number of carbonyl (C=O) groups is 1. The van der Waals surface area contributed by atoms with Gasteiger partial charge in [-0.3, -0.25) is 9.10 Å². The third-order valence-electron chi connectivity index (χ3n) is 5.50. The molecular weight excluding hydrogens is 454 g/mol. The van der Waals surface area contributed by atoms with Crippen molar-refractivity contribution in [3.63, 3.8) is 0 Å². The quantitative estimate of drug-likeness (QED) is 0.702. The van der Waals surface area contributed by atoms with E-state index in [1.165, 1.54) is 28.6 Å². The Morgan fingerprint density at radius 2 is 1.62 bits per heavy atom. The number of fused-ring (bicyclic) bond motifs is 1. The molecule has 1 amide bonds. The second-order valence-electron chi connectivity index (χ2n) is 7.85. The number of hydrogen-bond donors (Lipinski definition) is 1. The Bertz CT molecular complexity index is 1210. The highest BCUT2D eigenvalue weighted by molar-refractivity contribution is 7.92. The Balaban J connectivity index is 1.48. The molecule has 9 nitrogen and oxygen atoms in total. The van der Waals surface area contributed by atoms with Crippen LogP contribution in [0.5, 0.6) is 5.75 Å². The summed E-state index contributed by atoms with van der Waals surface area (Å²) in [5.41, 5.74) is 0.771. The fraction of sp³-hybridized carbons (Fsp3) is 0.381. The molecule has 0 bridgehead atoms. The number of carbonyl (C=O) groups excluding carboxylic acids is 1. The molecule has 1 atom stereocenters. The van der Waals surface area contributed by atoms with Crippen LogP contribution in [0, 0.1) is 0 Å². The molecule has 0 unspecified atom stereocenters. The number of ether oxygens (including phenoxy) is 1. The lowest BCUT2D eigenvalue weighted by Crippen LogP contribution is -2.48. The topological polar surface area (TPSA) is 113 Å². The summed E-state index contributed by atoms with van der Waals surface area (Å²) in [4.78, 5) is 13.0. The lowest BCUT2D eigenvalue weighted by Gasteiger charge is -2.33. The molecule has 4 rings (SSSR count). The van der Waals surface area contributed by atoms with Gasteiger partial charge in [0.05, 0.1) is 23.4 Å². The molecule has 0 aromatic heterocycles. The standard InChI is InChI=1S/C21H25N3O6S2/c1-31(26,27)24-15-20(30-19-8-4-3-7-18(19)24)21(25)22-16-9-11-17(12-10-16)32(28,29)23-13-5-2-6-14-23/h3-4,7-12,20H,2,5-6,13-15H2,1H3,(H,22,25)/t20-/m0/s1. The molecule has 1 saturated heterocycles. The summed E-state index contributed by atoms with van der Waals surface area (Å²) in [6, 6.07) is 12.6. The Hall–Kier alpha value is -2.63. The molecule has 11 heteroatoms. The van der Waals surface area contributed by atoms with Crippen LogP contribution in [-0.2, 0) is 24.8 Å². The van der Waals surface area contributed by atoms with Gasteiger partial charge in [0.15, 0.2) is 6.10 Å². The molecule has 2 aliphatic heterocycles. The molecule has 2 aromatic rings. The summed E-state index contributed by atoms with van der Waals surface area (Å²) in [6.07, 6.45) is 2.74. The van der Waals surface area contributed by atoms with Gasteiger partial charge in [0.2, 0.25) is 20.0 Å². The molecule has 32 heavy (non-hydrogen) atoms. The first-order chi connectivity index (χ1) is 15.2. The van der Waals surface area contributed by atoms with Crippen LogP contribution in [0.2, 0.25) is 0 Å². The Morgan fingerprint density at radius 1 is 0.969 bits per heavy atom. The third kappa shape index (κ3) is 4.59. The summed E-state index contributed by atoms with van der Waals surface area (Å²) in [7, 11) is -7.17. The Labute approximate surface area is 188 Å². The van der Waals surface area contributed by atoms with Gasteiger partial charge < -0.3 is 10.1 Å². The van der Waals surface area contributed by atoms with Gasteiger partial charge in [-0.1, -0.05) is 18.6 Å². The number of para-hydroxylation sites is 2. The van der Waals surface area contributed by atoms with Crippen LogP contribution < -0.4 is 14.4 Å². The van der Waals surface area contributed by atoms with Crippen LogP contribution in [0.1, 0.15) is 19.3 Å². The van der Waals surface area contributed by atoms with E-state index in [0.717, 1.165) is 29.8 Å². The summed E-state index contributed by atoms with van der Waals surface area (Å²) >= 11 is 0. The van der Waals surface area contributed by atoms with E-state index in [0.29, 0.717) is 30.2 Å². The summed E-state index contributed by atoms with van der Waals surface area (Å²) in [5.74, 6) is -0.230. The normalized spacial score (nSPS) is 19.7. The van der Waals surface area contributed by atoms with Crippen molar-refractivity contribution in [2.75, 3.05) is 35.5 Å². The molecule has 2 aliphatic rings. The zero-order valence-electron chi connectivity index (χ0n) is 17.6. The van der Waals surface area contributed by atoms with E-state index in [2.05, 4.69) is 5.32 Å². The molecule has 0 saturated carbocycles. The molecule has 2 aromatic carbocycles. The SMILES string of the molecule is CS(=O)(=O)N1C[C@@H](C(=O)Nc2ccc(S(=O)(=O)N3CCCCC3)cc2)Oc2ccccc21. The lowest BCUT2D eigenvalue weighted by molar-refractivity contribution is -0.122. The smallest absolute Gasteiger partial charge is 0.267 e. The fourth-order valence-corrected chi connectivity index (χ4v) is 6.27. The maximum Gasteiger partial charge on any atom is 0.267 e. The summed E-state index contributed by atoms with van der Waals surface area (Å²) < 4.78 is 58.3. The highest BCUT2D eigenvalue weighted by atomic mass is 32.2. The molecule has 172 valence electrons. The molecule has 2 heterocycles. The van der Waals surface area contributed by atoms with E-state index in [-0.39, 0.29) is 11.4 Å². The number of nitrogens with one attached hydrogen (secondary N) is 1. The lowest BCUT2D eigenvalue weighted by atomic mass is 10.2. The minimum atomic E-state index is -3.61. The van der Waals surface area contributed by atoms with Crippen LogP contribution in [-0.4, -0.2) is 59.0 Å². The molecule has 0 spiro atoms. The van der Waals surface area contributed by atoms with Gasteiger partial charge in [-0.2, -0.15) is 4.31 Å². The van der Waals surface area contributed by atoms with Gasteiger partial charge in [0.1, 0.15) is 5.75 Å². The van der Waals surface area contributed by atoms with Gasteiger partial charge in [-0.25, -0.2) is 16.8 Å². The maximum atomic E-state index is 12.8. The molecule has 0 aliphatic carbocycles.